The van der Waals surface area contributed by atoms with E-state index in [1.807, 2.05) is 13.0 Å². The first-order valence-corrected chi connectivity index (χ1v) is 6.89. The molecular weight excluding hydrogens is 260 g/mol. The normalized spacial score (nSPS) is 18.1. The van der Waals surface area contributed by atoms with Crippen LogP contribution in [0.15, 0.2) is 18.2 Å². The van der Waals surface area contributed by atoms with Gasteiger partial charge in [0.1, 0.15) is 0 Å². The number of hydrogen-bond donors (Lipinski definition) is 1. The largest absolute Gasteiger partial charge is 0.486 e. The van der Waals surface area contributed by atoms with E-state index < -0.39 is 4.92 Å². The fourth-order valence-corrected chi connectivity index (χ4v) is 2.13. The lowest BCUT2D eigenvalue weighted by atomic mass is 10.1. The molecule has 1 aliphatic heterocycles. The van der Waals surface area contributed by atoms with E-state index in [4.69, 9.17) is 9.47 Å². The Morgan fingerprint density at radius 2 is 2.40 bits per heavy atom. The molecule has 1 fully saturated rings. The van der Waals surface area contributed by atoms with E-state index in [2.05, 4.69) is 5.32 Å². The van der Waals surface area contributed by atoms with Gasteiger partial charge < -0.3 is 14.8 Å². The first-order chi connectivity index (χ1) is 9.70. The molecule has 1 aromatic rings. The van der Waals surface area contributed by atoms with E-state index in [1.54, 1.807) is 12.1 Å². The summed E-state index contributed by atoms with van der Waals surface area (Å²) in [6.45, 7) is 5.33. The highest BCUT2D eigenvalue weighted by Gasteiger charge is 2.20. The molecule has 110 valence electrons. The number of nitrogens with one attached hydrogen (secondary N) is 1. The summed E-state index contributed by atoms with van der Waals surface area (Å²) >= 11 is 0. The number of nitrogens with zero attached hydrogens (tertiary/aromatic N) is 1. The Morgan fingerprint density at radius 1 is 1.55 bits per heavy atom. The van der Waals surface area contributed by atoms with Crippen LogP contribution >= 0.6 is 0 Å². The molecule has 0 bridgehead atoms. The third kappa shape index (κ3) is 3.91. The Kier molecular flexibility index (Phi) is 5.31. The van der Waals surface area contributed by atoms with Crippen molar-refractivity contribution >= 4 is 5.69 Å². The van der Waals surface area contributed by atoms with Gasteiger partial charge in [-0.25, -0.2) is 0 Å². The van der Waals surface area contributed by atoms with Gasteiger partial charge in [-0.3, -0.25) is 10.1 Å². The second-order valence-electron chi connectivity index (χ2n) is 4.88. The zero-order chi connectivity index (χ0) is 14.4. The van der Waals surface area contributed by atoms with Crippen LogP contribution in [0.3, 0.4) is 0 Å². The Labute approximate surface area is 118 Å². The van der Waals surface area contributed by atoms with E-state index in [0.717, 1.165) is 25.1 Å². The zero-order valence-corrected chi connectivity index (χ0v) is 11.6. The quantitative estimate of drug-likeness (QED) is 0.611. The van der Waals surface area contributed by atoms with Crippen molar-refractivity contribution in [1.82, 2.24) is 5.32 Å². The summed E-state index contributed by atoms with van der Waals surface area (Å²) in [4.78, 5) is 10.7. The molecule has 1 atom stereocenters. The summed E-state index contributed by atoms with van der Waals surface area (Å²) < 4.78 is 10.9. The number of ether oxygens (including phenoxy) is 2. The maximum Gasteiger partial charge on any atom is 0.311 e. The molecule has 1 unspecified atom stereocenters. The van der Waals surface area contributed by atoms with Crippen molar-refractivity contribution in [2.75, 3.05) is 26.4 Å². The summed E-state index contributed by atoms with van der Waals surface area (Å²) in [6, 6.07) is 5.11. The minimum Gasteiger partial charge on any atom is -0.486 e. The van der Waals surface area contributed by atoms with Gasteiger partial charge in [-0.1, -0.05) is 13.0 Å². The lowest BCUT2D eigenvalue weighted by Gasteiger charge is -2.11. The number of benzene rings is 1. The molecule has 1 N–H and O–H groups in total. The minimum absolute atomic E-state index is 0.0271. The van der Waals surface area contributed by atoms with Crippen molar-refractivity contribution in [3.63, 3.8) is 0 Å². The van der Waals surface area contributed by atoms with Crippen LogP contribution in [-0.2, 0) is 11.3 Å². The monoisotopic (exact) mass is 280 g/mol. The van der Waals surface area contributed by atoms with Crippen LogP contribution in [0, 0.1) is 16.0 Å². The maximum absolute atomic E-state index is 11.1. The molecule has 6 nitrogen and oxygen atoms in total. The van der Waals surface area contributed by atoms with Crippen LogP contribution in [-0.4, -0.2) is 31.3 Å². The van der Waals surface area contributed by atoms with E-state index in [9.17, 15) is 10.1 Å². The SMILES string of the molecule is CCNCc1ccc(OCC2CCOC2)c([N+](=O)[O-])c1. The van der Waals surface area contributed by atoms with Crippen molar-refractivity contribution in [3.05, 3.63) is 33.9 Å². The maximum atomic E-state index is 11.1. The molecule has 0 amide bonds. The van der Waals surface area contributed by atoms with Crippen molar-refractivity contribution in [2.24, 2.45) is 5.92 Å². The first kappa shape index (κ1) is 14.7. The molecule has 0 saturated carbocycles. The predicted molar refractivity (Wildman–Crippen MR) is 74.9 cm³/mol. The van der Waals surface area contributed by atoms with Gasteiger partial charge in [-0.05, 0) is 24.6 Å². The van der Waals surface area contributed by atoms with Gasteiger partial charge in [-0.2, -0.15) is 0 Å². The van der Waals surface area contributed by atoms with Gasteiger partial charge in [0.05, 0.1) is 18.1 Å². The number of rotatable bonds is 7. The number of nitro benzene ring substituents is 1. The first-order valence-electron chi connectivity index (χ1n) is 6.89. The fourth-order valence-electron chi connectivity index (χ4n) is 2.13. The van der Waals surface area contributed by atoms with Gasteiger partial charge in [0.25, 0.3) is 0 Å². The van der Waals surface area contributed by atoms with Crippen LogP contribution in [0.2, 0.25) is 0 Å². The predicted octanol–water partition coefficient (Wildman–Crippen LogP) is 2.12. The van der Waals surface area contributed by atoms with E-state index >= 15 is 0 Å². The van der Waals surface area contributed by atoms with Gasteiger partial charge in [0.15, 0.2) is 5.75 Å². The van der Waals surface area contributed by atoms with Crippen LogP contribution in [0.25, 0.3) is 0 Å². The van der Waals surface area contributed by atoms with Crippen LogP contribution < -0.4 is 10.1 Å². The van der Waals surface area contributed by atoms with Gasteiger partial charge in [0, 0.05) is 25.1 Å². The Bertz CT molecular complexity index is 458. The molecule has 2 rings (SSSR count). The standard InChI is InChI=1S/C14H20N2O4/c1-2-15-8-11-3-4-14(13(7-11)16(17)18)20-10-12-5-6-19-9-12/h3-4,7,12,15H,2,5-6,8-10H2,1H3. The molecule has 1 saturated heterocycles. The second-order valence-corrected chi connectivity index (χ2v) is 4.88. The van der Waals surface area contributed by atoms with Gasteiger partial charge in [-0.15, -0.1) is 0 Å². The van der Waals surface area contributed by atoms with E-state index in [-0.39, 0.29) is 5.69 Å². The van der Waals surface area contributed by atoms with Crippen molar-refractivity contribution < 1.29 is 14.4 Å². The fraction of sp³-hybridized carbons (Fsp3) is 0.571. The third-order valence-corrected chi connectivity index (χ3v) is 3.30. The molecular formula is C14H20N2O4. The summed E-state index contributed by atoms with van der Waals surface area (Å²) in [5.41, 5.74) is 0.911. The molecule has 0 spiro atoms. The summed E-state index contributed by atoms with van der Waals surface area (Å²) in [6.07, 6.45) is 0.951. The van der Waals surface area contributed by atoms with Crippen LogP contribution in [0.1, 0.15) is 18.9 Å². The van der Waals surface area contributed by atoms with Gasteiger partial charge >= 0.3 is 5.69 Å². The minimum atomic E-state index is -0.393. The second kappa shape index (κ2) is 7.21. The molecule has 6 heteroatoms. The smallest absolute Gasteiger partial charge is 0.311 e. The molecule has 0 aliphatic carbocycles. The third-order valence-electron chi connectivity index (χ3n) is 3.30. The molecule has 0 radical (unpaired) electrons. The van der Waals surface area contributed by atoms with Crippen LogP contribution in [0.4, 0.5) is 5.69 Å². The Balaban J connectivity index is 2.04. The van der Waals surface area contributed by atoms with Gasteiger partial charge in [0.2, 0.25) is 0 Å². The van der Waals surface area contributed by atoms with Crippen molar-refractivity contribution in [1.29, 1.82) is 0 Å². The number of nitro groups is 1. The molecule has 1 aromatic carbocycles. The Morgan fingerprint density at radius 3 is 3.05 bits per heavy atom. The molecule has 0 aromatic heterocycles. The lowest BCUT2D eigenvalue weighted by Crippen LogP contribution is -2.13. The topological polar surface area (TPSA) is 73.6 Å². The average Bonchev–Trinajstić information content (AvgIpc) is 2.96. The number of hydrogen-bond acceptors (Lipinski definition) is 5. The van der Waals surface area contributed by atoms with Crippen molar-refractivity contribution in [3.8, 4) is 5.75 Å². The summed E-state index contributed by atoms with van der Waals surface area (Å²) in [5.74, 6) is 0.665. The van der Waals surface area contributed by atoms with Crippen LogP contribution in [0.5, 0.6) is 5.75 Å². The van der Waals surface area contributed by atoms with Crippen molar-refractivity contribution in [2.45, 2.75) is 19.9 Å². The summed E-state index contributed by atoms with van der Waals surface area (Å²) in [5, 5.41) is 14.3. The molecule has 20 heavy (non-hydrogen) atoms. The summed E-state index contributed by atoms with van der Waals surface area (Å²) in [7, 11) is 0. The highest BCUT2D eigenvalue weighted by Crippen LogP contribution is 2.29. The highest BCUT2D eigenvalue weighted by atomic mass is 16.6. The van der Waals surface area contributed by atoms with E-state index in [1.165, 1.54) is 0 Å². The highest BCUT2D eigenvalue weighted by molar-refractivity contribution is 5.48. The Hall–Kier alpha value is -1.66. The van der Waals surface area contributed by atoms with E-state index in [0.29, 0.717) is 31.4 Å². The molecule has 1 heterocycles. The zero-order valence-electron chi connectivity index (χ0n) is 11.6. The average molecular weight is 280 g/mol. The molecule has 1 aliphatic rings. The lowest BCUT2D eigenvalue weighted by molar-refractivity contribution is -0.386.